The van der Waals surface area contributed by atoms with Crippen molar-refractivity contribution in [3.05, 3.63) is 36.3 Å². The predicted octanol–water partition coefficient (Wildman–Crippen LogP) is 3.63. The molecule has 0 unspecified atom stereocenters. The lowest BCUT2D eigenvalue weighted by atomic mass is 9.97. The van der Waals surface area contributed by atoms with E-state index in [1.807, 2.05) is 12.1 Å². The Balaban J connectivity index is 1.72. The van der Waals surface area contributed by atoms with E-state index in [4.69, 9.17) is 5.73 Å². The molecule has 1 amide bonds. The summed E-state index contributed by atoms with van der Waals surface area (Å²) in [5.74, 6) is -0.188. The van der Waals surface area contributed by atoms with E-state index in [0.717, 1.165) is 27.6 Å². The number of rotatable bonds is 4. The van der Waals surface area contributed by atoms with Gasteiger partial charge in [-0.1, -0.05) is 13.8 Å². The molecule has 3 aromatic rings. The number of nitrogens with one attached hydrogen (secondary N) is 2. The SMILES string of the molecule is CC(C)c1[nH]ncc1-c1cc(N)c2cnc(NC(=O)[C@H]3C[C@@H]3F)cc2c1. The number of anilines is 2. The van der Waals surface area contributed by atoms with Crippen LogP contribution in [-0.4, -0.2) is 27.3 Å². The average Bonchev–Trinajstić information content (AvgIpc) is 3.13. The molecule has 7 heteroatoms. The molecular formula is C19H20FN5O. The van der Waals surface area contributed by atoms with Crippen molar-refractivity contribution in [1.29, 1.82) is 0 Å². The summed E-state index contributed by atoms with van der Waals surface area (Å²) in [6.45, 7) is 4.18. The van der Waals surface area contributed by atoms with E-state index in [2.05, 4.69) is 34.3 Å². The Kier molecular flexibility index (Phi) is 3.86. The monoisotopic (exact) mass is 353 g/mol. The van der Waals surface area contributed by atoms with E-state index in [0.29, 0.717) is 17.4 Å². The minimum Gasteiger partial charge on any atom is -0.398 e. The number of nitrogens with two attached hydrogens (primary N) is 1. The van der Waals surface area contributed by atoms with Gasteiger partial charge in [-0.2, -0.15) is 5.10 Å². The minimum atomic E-state index is -1.03. The second kappa shape index (κ2) is 6.09. The molecule has 0 aliphatic heterocycles. The van der Waals surface area contributed by atoms with E-state index < -0.39 is 12.1 Å². The van der Waals surface area contributed by atoms with Gasteiger partial charge in [0.1, 0.15) is 12.0 Å². The molecule has 1 fully saturated rings. The Morgan fingerprint density at radius 3 is 2.81 bits per heavy atom. The highest BCUT2D eigenvalue weighted by Crippen LogP contribution is 2.36. The van der Waals surface area contributed by atoms with Gasteiger partial charge in [0.05, 0.1) is 12.1 Å². The number of benzene rings is 1. The zero-order valence-corrected chi connectivity index (χ0v) is 14.6. The van der Waals surface area contributed by atoms with Crippen molar-refractivity contribution in [2.75, 3.05) is 11.1 Å². The highest BCUT2D eigenvalue weighted by atomic mass is 19.1. The van der Waals surface area contributed by atoms with E-state index in [9.17, 15) is 9.18 Å². The van der Waals surface area contributed by atoms with Crippen LogP contribution in [0.1, 0.15) is 31.9 Å². The van der Waals surface area contributed by atoms with Crippen LogP contribution in [0.25, 0.3) is 21.9 Å². The predicted molar refractivity (Wildman–Crippen MR) is 99.5 cm³/mol. The summed E-state index contributed by atoms with van der Waals surface area (Å²) in [7, 11) is 0. The lowest BCUT2D eigenvalue weighted by Gasteiger charge is -2.11. The summed E-state index contributed by atoms with van der Waals surface area (Å²) < 4.78 is 13.0. The van der Waals surface area contributed by atoms with Gasteiger partial charge in [-0.3, -0.25) is 9.89 Å². The van der Waals surface area contributed by atoms with Crippen LogP contribution < -0.4 is 11.1 Å². The first kappa shape index (κ1) is 16.5. The fourth-order valence-electron chi connectivity index (χ4n) is 3.13. The lowest BCUT2D eigenvalue weighted by molar-refractivity contribution is -0.117. The highest BCUT2D eigenvalue weighted by Gasteiger charge is 2.43. The Labute approximate surface area is 150 Å². The molecule has 26 heavy (non-hydrogen) atoms. The number of pyridine rings is 1. The van der Waals surface area contributed by atoms with Crippen LogP contribution in [0.4, 0.5) is 15.9 Å². The molecule has 2 heterocycles. The van der Waals surface area contributed by atoms with Gasteiger partial charge < -0.3 is 11.1 Å². The molecule has 2 aromatic heterocycles. The Hall–Kier alpha value is -2.96. The van der Waals surface area contributed by atoms with Crippen LogP contribution in [0, 0.1) is 5.92 Å². The molecule has 1 saturated carbocycles. The van der Waals surface area contributed by atoms with Crippen molar-refractivity contribution < 1.29 is 9.18 Å². The van der Waals surface area contributed by atoms with Gasteiger partial charge in [-0.05, 0) is 41.5 Å². The van der Waals surface area contributed by atoms with Crippen molar-refractivity contribution in [3.8, 4) is 11.1 Å². The normalized spacial score (nSPS) is 19.1. The number of hydrogen-bond donors (Lipinski definition) is 3. The minimum absolute atomic E-state index is 0.287. The van der Waals surface area contributed by atoms with E-state index in [1.165, 1.54) is 0 Å². The fraction of sp³-hybridized carbons (Fsp3) is 0.316. The summed E-state index contributed by atoms with van der Waals surface area (Å²) in [6.07, 6.45) is 2.67. The molecule has 0 radical (unpaired) electrons. The number of aromatic amines is 1. The average molecular weight is 353 g/mol. The summed E-state index contributed by atoms with van der Waals surface area (Å²) in [4.78, 5) is 16.2. The third-order valence-electron chi connectivity index (χ3n) is 4.73. The molecule has 1 aliphatic carbocycles. The number of H-pyrrole nitrogens is 1. The number of carbonyl (C=O) groups is 1. The van der Waals surface area contributed by atoms with Crippen molar-refractivity contribution in [3.63, 3.8) is 0 Å². The molecule has 1 aliphatic rings. The number of nitrogens with zero attached hydrogens (tertiary/aromatic N) is 2. The smallest absolute Gasteiger partial charge is 0.231 e. The fourth-order valence-corrected chi connectivity index (χ4v) is 3.13. The van der Waals surface area contributed by atoms with Crippen LogP contribution in [0.15, 0.2) is 30.6 Å². The Morgan fingerprint density at radius 2 is 2.12 bits per heavy atom. The van der Waals surface area contributed by atoms with Crippen molar-refractivity contribution in [2.24, 2.45) is 5.92 Å². The van der Waals surface area contributed by atoms with Gasteiger partial charge in [0, 0.05) is 28.5 Å². The standard InChI is InChI=1S/C19H20FN5O/c1-9(2)18-14(8-23-25-18)10-3-11-5-17(22-7-13(11)16(21)4-10)24-19(26)12-6-15(12)20/h3-5,7-9,12,15H,6,21H2,1-2H3,(H,23,25)(H,22,24,26)/t12-,15-/m0/s1. The zero-order valence-electron chi connectivity index (χ0n) is 14.6. The van der Waals surface area contributed by atoms with Crippen molar-refractivity contribution in [1.82, 2.24) is 15.2 Å². The maximum Gasteiger partial charge on any atom is 0.231 e. The van der Waals surface area contributed by atoms with Gasteiger partial charge in [0.15, 0.2) is 0 Å². The van der Waals surface area contributed by atoms with Gasteiger partial charge in [-0.25, -0.2) is 9.37 Å². The quantitative estimate of drug-likeness (QED) is 0.624. The third-order valence-corrected chi connectivity index (χ3v) is 4.73. The molecule has 6 nitrogen and oxygen atoms in total. The van der Waals surface area contributed by atoms with Crippen molar-refractivity contribution in [2.45, 2.75) is 32.4 Å². The summed E-state index contributed by atoms with van der Waals surface area (Å²) >= 11 is 0. The number of alkyl halides is 1. The molecule has 2 atom stereocenters. The van der Waals surface area contributed by atoms with Crippen molar-refractivity contribution >= 4 is 28.2 Å². The maximum absolute atomic E-state index is 13.0. The van der Waals surface area contributed by atoms with Gasteiger partial charge >= 0.3 is 0 Å². The summed E-state index contributed by atoms with van der Waals surface area (Å²) in [5.41, 5.74) is 9.79. The molecule has 0 spiro atoms. The molecule has 4 rings (SSSR count). The Bertz CT molecular complexity index is 997. The second-order valence-corrected chi connectivity index (χ2v) is 7.06. The number of carbonyl (C=O) groups excluding carboxylic acids is 1. The number of amides is 1. The number of aromatic nitrogens is 3. The molecule has 4 N–H and O–H groups in total. The molecular weight excluding hydrogens is 333 g/mol. The number of hydrogen-bond acceptors (Lipinski definition) is 4. The maximum atomic E-state index is 13.0. The summed E-state index contributed by atoms with van der Waals surface area (Å²) in [5, 5.41) is 11.5. The summed E-state index contributed by atoms with van der Waals surface area (Å²) in [6, 6.07) is 5.66. The van der Waals surface area contributed by atoms with Crippen LogP contribution in [0.5, 0.6) is 0 Å². The third kappa shape index (κ3) is 2.89. The lowest BCUT2D eigenvalue weighted by Crippen LogP contribution is -2.15. The number of halogens is 1. The van der Waals surface area contributed by atoms with Crippen LogP contribution >= 0.6 is 0 Å². The van der Waals surface area contributed by atoms with Crippen LogP contribution in [-0.2, 0) is 4.79 Å². The molecule has 1 aromatic carbocycles. The largest absolute Gasteiger partial charge is 0.398 e. The topological polar surface area (TPSA) is 96.7 Å². The highest BCUT2D eigenvalue weighted by molar-refractivity contribution is 6.00. The van der Waals surface area contributed by atoms with E-state index in [-0.39, 0.29) is 12.3 Å². The Morgan fingerprint density at radius 1 is 1.35 bits per heavy atom. The van der Waals surface area contributed by atoms with Crippen LogP contribution in [0.3, 0.4) is 0 Å². The number of fused-ring (bicyclic) bond motifs is 1. The first-order valence-electron chi connectivity index (χ1n) is 8.62. The number of nitrogen functional groups attached to an aromatic ring is 1. The van der Waals surface area contributed by atoms with Gasteiger partial charge in [0.25, 0.3) is 0 Å². The van der Waals surface area contributed by atoms with E-state index >= 15 is 0 Å². The van der Waals surface area contributed by atoms with Crippen LogP contribution in [0.2, 0.25) is 0 Å². The van der Waals surface area contributed by atoms with Gasteiger partial charge in [0.2, 0.25) is 5.91 Å². The molecule has 134 valence electrons. The zero-order chi connectivity index (χ0) is 18.4. The first-order valence-corrected chi connectivity index (χ1v) is 8.62. The second-order valence-electron chi connectivity index (χ2n) is 7.06. The van der Waals surface area contributed by atoms with E-state index in [1.54, 1.807) is 18.5 Å². The first-order chi connectivity index (χ1) is 12.4. The van der Waals surface area contributed by atoms with Gasteiger partial charge in [-0.15, -0.1) is 0 Å². The molecule has 0 bridgehead atoms. The molecule has 0 saturated heterocycles.